The van der Waals surface area contributed by atoms with Crippen molar-refractivity contribution in [3.05, 3.63) is 0 Å². The first-order valence-electron chi connectivity index (χ1n) is 6.69. The summed E-state index contributed by atoms with van der Waals surface area (Å²) in [6.45, 7) is 6.01. The normalized spacial score (nSPS) is 22.6. The molecule has 1 saturated heterocycles. The lowest BCUT2D eigenvalue weighted by molar-refractivity contribution is 0.0572. The fourth-order valence-electron chi connectivity index (χ4n) is 2.12. The minimum absolute atomic E-state index is 0.0577. The fraction of sp³-hybridized carbons (Fsp3) is 1.00. The highest BCUT2D eigenvalue weighted by Crippen LogP contribution is 2.16. The van der Waals surface area contributed by atoms with E-state index in [1.807, 2.05) is 0 Å². The molecule has 1 N–H and O–H groups in total. The van der Waals surface area contributed by atoms with Gasteiger partial charge in [0.05, 0.1) is 11.9 Å². The van der Waals surface area contributed by atoms with Crippen molar-refractivity contribution in [2.75, 3.05) is 32.5 Å². The van der Waals surface area contributed by atoms with Crippen LogP contribution in [0.4, 0.5) is 0 Å². The third-order valence-electron chi connectivity index (χ3n) is 3.20. The molecule has 0 aliphatic carbocycles. The zero-order chi connectivity index (χ0) is 13.6. The Morgan fingerprint density at radius 2 is 2.17 bits per heavy atom. The number of sulfonamides is 1. The largest absolute Gasteiger partial charge is 0.380 e. The van der Waals surface area contributed by atoms with E-state index in [4.69, 9.17) is 4.74 Å². The van der Waals surface area contributed by atoms with Gasteiger partial charge in [-0.3, -0.25) is 0 Å². The Morgan fingerprint density at radius 3 is 2.78 bits per heavy atom. The molecule has 0 aromatic rings. The number of nitrogens with one attached hydrogen (secondary N) is 1. The lowest BCUT2D eigenvalue weighted by Crippen LogP contribution is -2.44. The molecule has 6 heteroatoms. The van der Waals surface area contributed by atoms with Crippen molar-refractivity contribution >= 4 is 10.0 Å². The number of methoxy groups -OCH3 is 1. The highest BCUT2D eigenvalue weighted by Gasteiger charge is 2.28. The average Bonchev–Trinajstić information content (AvgIpc) is 2.34. The maximum atomic E-state index is 12.1. The van der Waals surface area contributed by atoms with Crippen molar-refractivity contribution in [3.63, 3.8) is 0 Å². The zero-order valence-electron chi connectivity index (χ0n) is 11.7. The molecule has 0 bridgehead atoms. The van der Waals surface area contributed by atoms with Gasteiger partial charge in [-0.1, -0.05) is 13.8 Å². The Kier molecular flexibility index (Phi) is 6.55. The van der Waals surface area contributed by atoms with Crippen LogP contribution in [0, 0.1) is 0 Å². The van der Waals surface area contributed by atoms with Crippen molar-refractivity contribution in [3.8, 4) is 0 Å². The Morgan fingerprint density at radius 1 is 1.44 bits per heavy atom. The highest BCUT2D eigenvalue weighted by molar-refractivity contribution is 7.89. The molecule has 1 aliphatic rings. The standard InChI is InChI=1S/C12H26N2O3S/c1-11(2)13-7-5-9-18(15,16)14-8-4-6-12(10-14)17-3/h11-13H,4-10H2,1-3H3. The van der Waals surface area contributed by atoms with E-state index >= 15 is 0 Å². The van der Waals surface area contributed by atoms with Gasteiger partial charge < -0.3 is 10.1 Å². The maximum absolute atomic E-state index is 12.1. The van der Waals surface area contributed by atoms with E-state index in [-0.39, 0.29) is 11.9 Å². The SMILES string of the molecule is COC1CCCN(S(=O)(=O)CCCNC(C)C)C1. The monoisotopic (exact) mass is 278 g/mol. The van der Waals surface area contributed by atoms with Gasteiger partial charge in [-0.2, -0.15) is 4.31 Å². The van der Waals surface area contributed by atoms with Crippen LogP contribution >= 0.6 is 0 Å². The lowest BCUT2D eigenvalue weighted by atomic mass is 10.1. The van der Waals surface area contributed by atoms with E-state index in [9.17, 15) is 8.42 Å². The van der Waals surface area contributed by atoms with Crippen LogP contribution in [0.5, 0.6) is 0 Å². The molecular weight excluding hydrogens is 252 g/mol. The molecule has 1 aliphatic heterocycles. The molecule has 108 valence electrons. The molecule has 0 saturated carbocycles. The molecule has 1 fully saturated rings. The van der Waals surface area contributed by atoms with E-state index in [1.165, 1.54) is 0 Å². The second kappa shape index (κ2) is 7.43. The summed E-state index contributed by atoms with van der Waals surface area (Å²) in [6, 6.07) is 0.403. The van der Waals surface area contributed by atoms with Gasteiger partial charge in [0.15, 0.2) is 0 Å². The molecule has 5 nitrogen and oxygen atoms in total. The topological polar surface area (TPSA) is 58.6 Å². The molecule has 1 atom stereocenters. The first-order valence-corrected chi connectivity index (χ1v) is 8.30. The predicted molar refractivity (Wildman–Crippen MR) is 73.1 cm³/mol. The Labute approximate surface area is 111 Å². The van der Waals surface area contributed by atoms with Crippen LogP contribution in [0.25, 0.3) is 0 Å². The maximum Gasteiger partial charge on any atom is 0.214 e. The van der Waals surface area contributed by atoms with Crippen molar-refractivity contribution in [2.24, 2.45) is 0 Å². The molecule has 0 spiro atoms. The van der Waals surface area contributed by atoms with E-state index in [1.54, 1.807) is 11.4 Å². The number of piperidine rings is 1. The van der Waals surface area contributed by atoms with Crippen LogP contribution in [0.15, 0.2) is 0 Å². The van der Waals surface area contributed by atoms with Gasteiger partial charge >= 0.3 is 0 Å². The van der Waals surface area contributed by atoms with Crippen LogP contribution in [-0.2, 0) is 14.8 Å². The number of ether oxygens (including phenoxy) is 1. The van der Waals surface area contributed by atoms with Crippen molar-refractivity contribution in [1.29, 1.82) is 0 Å². The number of rotatable bonds is 7. The minimum Gasteiger partial charge on any atom is -0.380 e. The Balaban J connectivity index is 2.38. The summed E-state index contributed by atoms with van der Waals surface area (Å²) in [4.78, 5) is 0. The average molecular weight is 278 g/mol. The zero-order valence-corrected chi connectivity index (χ0v) is 12.5. The number of hydrogen-bond donors (Lipinski definition) is 1. The van der Waals surface area contributed by atoms with Crippen LogP contribution in [0.2, 0.25) is 0 Å². The van der Waals surface area contributed by atoms with Crippen LogP contribution < -0.4 is 5.32 Å². The van der Waals surface area contributed by atoms with Crippen molar-refractivity contribution in [1.82, 2.24) is 9.62 Å². The third kappa shape index (κ3) is 5.22. The quantitative estimate of drug-likeness (QED) is 0.700. The second-order valence-electron chi connectivity index (χ2n) is 5.14. The molecule has 1 rings (SSSR count). The van der Waals surface area contributed by atoms with Crippen LogP contribution in [0.1, 0.15) is 33.1 Å². The van der Waals surface area contributed by atoms with Gasteiger partial charge in [-0.05, 0) is 25.8 Å². The predicted octanol–water partition coefficient (Wildman–Crippen LogP) is 0.815. The smallest absolute Gasteiger partial charge is 0.214 e. The number of hydrogen-bond acceptors (Lipinski definition) is 4. The van der Waals surface area contributed by atoms with E-state index < -0.39 is 10.0 Å². The van der Waals surface area contributed by atoms with Crippen molar-refractivity contribution in [2.45, 2.75) is 45.3 Å². The molecule has 0 aromatic heterocycles. The minimum atomic E-state index is -3.11. The van der Waals surface area contributed by atoms with Crippen LogP contribution in [0.3, 0.4) is 0 Å². The van der Waals surface area contributed by atoms with Gasteiger partial charge in [-0.25, -0.2) is 8.42 Å². The Bertz CT molecular complexity index is 330. The highest BCUT2D eigenvalue weighted by atomic mass is 32.2. The molecule has 18 heavy (non-hydrogen) atoms. The Hall–Kier alpha value is -0.170. The second-order valence-corrected chi connectivity index (χ2v) is 7.22. The summed E-state index contributed by atoms with van der Waals surface area (Å²) in [7, 11) is -1.46. The molecule has 0 aromatic carbocycles. The first kappa shape index (κ1) is 15.9. The molecule has 0 radical (unpaired) electrons. The molecule has 1 heterocycles. The summed E-state index contributed by atoms with van der Waals surface area (Å²) in [5.41, 5.74) is 0. The summed E-state index contributed by atoms with van der Waals surface area (Å²) in [5, 5.41) is 3.23. The molecule has 0 amide bonds. The van der Waals surface area contributed by atoms with Gasteiger partial charge in [0.25, 0.3) is 0 Å². The van der Waals surface area contributed by atoms with E-state index in [0.29, 0.717) is 25.6 Å². The lowest BCUT2D eigenvalue weighted by Gasteiger charge is -2.31. The van der Waals surface area contributed by atoms with Gasteiger partial charge in [-0.15, -0.1) is 0 Å². The van der Waals surface area contributed by atoms with Gasteiger partial charge in [0, 0.05) is 26.2 Å². The fourth-order valence-corrected chi connectivity index (χ4v) is 3.69. The molecular formula is C12H26N2O3S. The van der Waals surface area contributed by atoms with E-state index in [0.717, 1.165) is 19.4 Å². The summed E-state index contributed by atoms with van der Waals surface area (Å²) in [6.07, 6.45) is 2.57. The van der Waals surface area contributed by atoms with Crippen molar-refractivity contribution < 1.29 is 13.2 Å². The van der Waals surface area contributed by atoms with Gasteiger partial charge in [0.1, 0.15) is 0 Å². The summed E-state index contributed by atoms with van der Waals surface area (Å²) < 4.78 is 31.1. The first-order chi connectivity index (χ1) is 8.45. The molecule has 1 unspecified atom stereocenters. The summed E-state index contributed by atoms with van der Waals surface area (Å²) in [5.74, 6) is 0.225. The van der Waals surface area contributed by atoms with E-state index in [2.05, 4.69) is 19.2 Å². The van der Waals surface area contributed by atoms with Crippen LogP contribution in [-0.4, -0.2) is 57.4 Å². The third-order valence-corrected chi connectivity index (χ3v) is 5.12. The number of nitrogens with zero attached hydrogens (tertiary/aromatic N) is 1. The van der Waals surface area contributed by atoms with Gasteiger partial charge in [0.2, 0.25) is 10.0 Å². The summed E-state index contributed by atoms with van der Waals surface area (Å²) >= 11 is 0.